The molecule has 0 N–H and O–H groups in total. The lowest BCUT2D eigenvalue weighted by Gasteiger charge is -2.37. The van der Waals surface area contributed by atoms with Crippen LogP contribution in [0.15, 0.2) is 0 Å². The van der Waals surface area contributed by atoms with Crippen LogP contribution in [0, 0.1) is 11.3 Å². The number of rotatable bonds is 2. The normalized spacial score (nSPS) is 32.5. The van der Waals surface area contributed by atoms with E-state index in [1.807, 2.05) is 0 Å². The molecule has 100 valence electrons. The van der Waals surface area contributed by atoms with Crippen LogP contribution >= 0.6 is 0 Å². The monoisotopic (exact) mass is 245 g/mol. The van der Waals surface area contributed by atoms with Gasteiger partial charge in [0.1, 0.15) is 0 Å². The molecule has 0 aromatic rings. The van der Waals surface area contributed by atoms with E-state index in [1.54, 1.807) is 0 Å². The fraction of sp³-hybridized carbons (Fsp3) is 1.00. The third-order valence-electron chi connectivity index (χ3n) is 4.53. The summed E-state index contributed by atoms with van der Waals surface area (Å²) in [7, 11) is 0. The molecule has 0 aromatic heterocycles. The second-order valence-corrected chi connectivity index (χ2v) is 6.73. The van der Waals surface area contributed by atoms with Gasteiger partial charge in [0.25, 0.3) is 0 Å². The summed E-state index contributed by atoms with van der Waals surface area (Å²) in [4.78, 5) is 2.51. The number of likely N-dealkylation sites (tertiary alicyclic amines) is 1. The lowest BCUT2D eigenvalue weighted by atomic mass is 9.71. The summed E-state index contributed by atoms with van der Waals surface area (Å²) in [5.74, 6) is -1.72. The number of halogens is 2. The molecule has 2 fully saturated rings. The Bertz CT molecular complexity index is 265. The highest BCUT2D eigenvalue weighted by Gasteiger charge is 2.48. The second kappa shape index (κ2) is 4.49. The van der Waals surface area contributed by atoms with Crippen molar-refractivity contribution < 1.29 is 8.78 Å². The summed E-state index contributed by atoms with van der Waals surface area (Å²) in [6.07, 6.45) is 2.78. The molecule has 1 atom stereocenters. The maximum atomic E-state index is 13.2. The van der Waals surface area contributed by atoms with Gasteiger partial charge in [-0.25, -0.2) is 8.78 Å². The minimum atomic E-state index is -2.39. The van der Waals surface area contributed by atoms with E-state index in [4.69, 9.17) is 0 Å². The number of hydrogen-bond donors (Lipinski definition) is 0. The maximum Gasteiger partial charge on any atom is 0.248 e. The quantitative estimate of drug-likeness (QED) is 0.712. The van der Waals surface area contributed by atoms with Crippen LogP contribution in [-0.2, 0) is 0 Å². The molecular formula is C14H25F2N. The van der Waals surface area contributed by atoms with E-state index >= 15 is 0 Å². The Balaban J connectivity index is 1.96. The van der Waals surface area contributed by atoms with Crippen LogP contribution in [0.4, 0.5) is 8.78 Å². The average molecular weight is 245 g/mol. The van der Waals surface area contributed by atoms with Crippen LogP contribution in [0.3, 0.4) is 0 Å². The highest BCUT2D eigenvalue weighted by molar-refractivity contribution is 4.98. The number of hydrogen-bond acceptors (Lipinski definition) is 1. The maximum absolute atomic E-state index is 13.2. The van der Waals surface area contributed by atoms with Crippen LogP contribution in [0.5, 0.6) is 0 Å². The minimum Gasteiger partial charge on any atom is -0.300 e. The zero-order valence-electron chi connectivity index (χ0n) is 11.3. The smallest absolute Gasteiger partial charge is 0.248 e. The molecule has 1 aliphatic carbocycles. The van der Waals surface area contributed by atoms with Crippen LogP contribution in [0.1, 0.15) is 52.9 Å². The zero-order valence-corrected chi connectivity index (χ0v) is 11.3. The summed E-state index contributed by atoms with van der Waals surface area (Å²) >= 11 is 0. The molecular weight excluding hydrogens is 220 g/mol. The summed E-state index contributed by atoms with van der Waals surface area (Å²) in [6, 6.07) is 0.573. The highest BCUT2D eigenvalue weighted by Crippen LogP contribution is 2.50. The van der Waals surface area contributed by atoms with E-state index in [-0.39, 0.29) is 18.3 Å². The molecule has 17 heavy (non-hydrogen) atoms. The molecule has 1 unspecified atom stereocenters. The van der Waals surface area contributed by atoms with Crippen molar-refractivity contribution >= 4 is 0 Å². The van der Waals surface area contributed by atoms with Crippen LogP contribution in [-0.4, -0.2) is 30.0 Å². The van der Waals surface area contributed by atoms with Crippen molar-refractivity contribution in [1.29, 1.82) is 0 Å². The standard InChI is InChI=1S/C14H25F2N/c1-11(2)9-17-10-13(8-12(17)3)4-6-14(15,16)7-5-13/h11-12H,4-10H2,1-3H3. The lowest BCUT2D eigenvalue weighted by Crippen LogP contribution is -2.36. The summed E-state index contributed by atoms with van der Waals surface area (Å²) in [5.41, 5.74) is 0.204. The summed E-state index contributed by atoms with van der Waals surface area (Å²) in [6.45, 7) is 8.87. The van der Waals surface area contributed by atoms with Crippen molar-refractivity contribution in [3.05, 3.63) is 0 Å². The molecule has 1 heterocycles. The van der Waals surface area contributed by atoms with E-state index in [1.165, 1.54) is 0 Å². The van der Waals surface area contributed by atoms with Gasteiger partial charge >= 0.3 is 0 Å². The van der Waals surface area contributed by atoms with Crippen LogP contribution < -0.4 is 0 Å². The van der Waals surface area contributed by atoms with Gasteiger partial charge < -0.3 is 0 Å². The van der Waals surface area contributed by atoms with Gasteiger partial charge in [0.2, 0.25) is 5.92 Å². The van der Waals surface area contributed by atoms with Gasteiger partial charge in [-0.15, -0.1) is 0 Å². The van der Waals surface area contributed by atoms with Crippen molar-refractivity contribution in [1.82, 2.24) is 4.90 Å². The molecule has 0 aromatic carbocycles. The van der Waals surface area contributed by atoms with Gasteiger partial charge in [0.05, 0.1) is 0 Å². The van der Waals surface area contributed by atoms with Crippen molar-refractivity contribution in [2.75, 3.05) is 13.1 Å². The van der Waals surface area contributed by atoms with Gasteiger partial charge in [-0.3, -0.25) is 4.90 Å². The van der Waals surface area contributed by atoms with Crippen molar-refractivity contribution in [2.24, 2.45) is 11.3 Å². The summed E-state index contributed by atoms with van der Waals surface area (Å²) in [5, 5.41) is 0. The largest absolute Gasteiger partial charge is 0.300 e. The molecule has 2 rings (SSSR count). The Morgan fingerprint density at radius 2 is 1.76 bits per heavy atom. The predicted molar refractivity (Wildman–Crippen MR) is 66.3 cm³/mol. The Morgan fingerprint density at radius 3 is 2.29 bits per heavy atom. The van der Waals surface area contributed by atoms with E-state index < -0.39 is 5.92 Å². The molecule has 1 saturated heterocycles. The third-order valence-corrected chi connectivity index (χ3v) is 4.53. The Kier molecular flexibility index (Phi) is 3.50. The van der Waals surface area contributed by atoms with Crippen molar-refractivity contribution in [3.63, 3.8) is 0 Å². The predicted octanol–water partition coefficient (Wildman–Crippen LogP) is 3.93. The first-order valence-corrected chi connectivity index (χ1v) is 6.94. The molecule has 0 radical (unpaired) electrons. The number of nitrogens with zero attached hydrogens (tertiary/aromatic N) is 1. The first kappa shape index (κ1) is 13.3. The van der Waals surface area contributed by atoms with Gasteiger partial charge in [-0.1, -0.05) is 13.8 Å². The van der Waals surface area contributed by atoms with Crippen molar-refractivity contribution in [3.8, 4) is 0 Å². The Hall–Kier alpha value is -0.180. The molecule has 1 aliphatic heterocycles. The highest BCUT2D eigenvalue weighted by atomic mass is 19.3. The average Bonchev–Trinajstić information content (AvgIpc) is 2.49. The SMILES string of the molecule is CC(C)CN1CC2(CCC(F)(F)CC2)CC1C. The van der Waals surface area contributed by atoms with Gasteiger partial charge in [0, 0.05) is 32.0 Å². The van der Waals surface area contributed by atoms with E-state index in [9.17, 15) is 8.78 Å². The van der Waals surface area contributed by atoms with Gasteiger partial charge in [-0.05, 0) is 37.5 Å². The van der Waals surface area contributed by atoms with E-state index in [2.05, 4.69) is 25.7 Å². The molecule has 2 aliphatic rings. The zero-order chi connectivity index (χ0) is 12.7. The Labute approximate surface area is 104 Å². The van der Waals surface area contributed by atoms with Crippen LogP contribution in [0.25, 0.3) is 0 Å². The first-order chi connectivity index (χ1) is 7.82. The third kappa shape index (κ3) is 2.98. The second-order valence-electron chi connectivity index (χ2n) is 6.73. The first-order valence-electron chi connectivity index (χ1n) is 6.94. The van der Waals surface area contributed by atoms with Gasteiger partial charge in [-0.2, -0.15) is 0 Å². The molecule has 3 heteroatoms. The van der Waals surface area contributed by atoms with Crippen LogP contribution in [0.2, 0.25) is 0 Å². The topological polar surface area (TPSA) is 3.24 Å². The fourth-order valence-electron chi connectivity index (χ4n) is 3.63. The molecule has 0 amide bonds. The molecule has 1 saturated carbocycles. The summed E-state index contributed by atoms with van der Waals surface area (Å²) < 4.78 is 26.5. The fourth-order valence-corrected chi connectivity index (χ4v) is 3.63. The van der Waals surface area contributed by atoms with E-state index in [0.29, 0.717) is 12.0 Å². The minimum absolute atomic E-state index is 0.106. The Morgan fingerprint density at radius 1 is 1.18 bits per heavy atom. The van der Waals surface area contributed by atoms with E-state index in [0.717, 1.165) is 32.4 Å². The lowest BCUT2D eigenvalue weighted by molar-refractivity contribution is -0.0650. The molecule has 0 bridgehead atoms. The molecule has 1 nitrogen and oxygen atoms in total. The van der Waals surface area contributed by atoms with Crippen molar-refractivity contribution in [2.45, 2.75) is 64.8 Å². The molecule has 1 spiro atoms. The van der Waals surface area contributed by atoms with Gasteiger partial charge in [0.15, 0.2) is 0 Å². The number of alkyl halides is 2.